The van der Waals surface area contributed by atoms with Gasteiger partial charge < -0.3 is 19.5 Å². The fourth-order valence-electron chi connectivity index (χ4n) is 2.30. The molecule has 0 saturated carbocycles. The number of nitrogens with zero attached hydrogens (tertiary/aromatic N) is 1. The molecule has 1 N–H and O–H groups in total. The highest BCUT2D eigenvalue weighted by atomic mass is 16.5. The van der Waals surface area contributed by atoms with Crippen molar-refractivity contribution in [3.05, 3.63) is 0 Å². The number of carbonyl (C=O) groups excluding carboxylic acids is 2. The van der Waals surface area contributed by atoms with Crippen LogP contribution in [0.4, 0.5) is 0 Å². The first-order valence-corrected chi connectivity index (χ1v) is 9.04. The summed E-state index contributed by atoms with van der Waals surface area (Å²) in [4.78, 5) is 25.0. The Kier molecular flexibility index (Phi) is 12.3. The zero-order valence-electron chi connectivity index (χ0n) is 14.9. The Morgan fingerprint density at radius 1 is 1.00 bits per heavy atom. The van der Waals surface area contributed by atoms with Crippen molar-refractivity contribution < 1.29 is 23.8 Å². The summed E-state index contributed by atoms with van der Waals surface area (Å²) in [6, 6.07) is 0. The van der Waals surface area contributed by atoms with Crippen molar-refractivity contribution in [1.82, 2.24) is 10.2 Å². The van der Waals surface area contributed by atoms with Gasteiger partial charge in [-0.15, -0.1) is 0 Å². The van der Waals surface area contributed by atoms with E-state index in [2.05, 4.69) is 10.2 Å². The van der Waals surface area contributed by atoms with Crippen LogP contribution in [0.25, 0.3) is 0 Å². The lowest BCUT2D eigenvalue weighted by Gasteiger charge is -2.26. The van der Waals surface area contributed by atoms with Crippen LogP contribution in [0.5, 0.6) is 0 Å². The van der Waals surface area contributed by atoms with Crippen molar-refractivity contribution in [2.45, 2.75) is 39.0 Å². The molecular weight excluding hydrogens is 312 g/mol. The molecule has 0 amide bonds. The minimum Gasteiger partial charge on any atom is -0.466 e. The summed E-state index contributed by atoms with van der Waals surface area (Å²) in [5.41, 5.74) is 0. The molecule has 0 unspecified atom stereocenters. The van der Waals surface area contributed by atoms with Gasteiger partial charge in [-0.3, -0.25) is 14.5 Å². The van der Waals surface area contributed by atoms with Crippen molar-refractivity contribution >= 4 is 11.9 Å². The van der Waals surface area contributed by atoms with Crippen LogP contribution in [0.3, 0.4) is 0 Å². The summed E-state index contributed by atoms with van der Waals surface area (Å²) in [6.07, 6.45) is 3.09. The summed E-state index contributed by atoms with van der Waals surface area (Å²) in [7, 11) is 0. The van der Waals surface area contributed by atoms with E-state index in [0.29, 0.717) is 32.6 Å². The number of unbranched alkanes of at least 4 members (excludes halogenated alkanes) is 1. The molecule has 0 aromatic rings. The lowest BCUT2D eigenvalue weighted by Crippen LogP contribution is -2.40. The molecule has 0 aliphatic carbocycles. The van der Waals surface area contributed by atoms with Gasteiger partial charge in [-0.05, 0) is 19.3 Å². The number of rotatable bonds is 13. The zero-order chi connectivity index (χ0) is 17.5. The van der Waals surface area contributed by atoms with Gasteiger partial charge in [0.25, 0.3) is 0 Å². The first-order valence-electron chi connectivity index (χ1n) is 9.04. The standard InChI is InChI=1S/C17H32N2O5/c1-2-5-16(20)23-12-3-4-13-24-17(21)6-7-18-8-9-19-10-14-22-15-11-19/h18H,2-15H2,1H3. The quantitative estimate of drug-likeness (QED) is 0.394. The van der Waals surface area contributed by atoms with Crippen LogP contribution >= 0.6 is 0 Å². The van der Waals surface area contributed by atoms with Crippen molar-refractivity contribution in [2.24, 2.45) is 0 Å². The third kappa shape index (κ3) is 11.4. The summed E-state index contributed by atoms with van der Waals surface area (Å²) in [5.74, 6) is -0.338. The van der Waals surface area contributed by atoms with E-state index in [-0.39, 0.29) is 11.9 Å². The van der Waals surface area contributed by atoms with E-state index in [4.69, 9.17) is 14.2 Å². The molecule has 7 nitrogen and oxygen atoms in total. The van der Waals surface area contributed by atoms with Gasteiger partial charge in [0, 0.05) is 39.1 Å². The molecule has 1 aliphatic rings. The molecule has 0 aromatic heterocycles. The van der Waals surface area contributed by atoms with Crippen LogP contribution in [0.15, 0.2) is 0 Å². The van der Waals surface area contributed by atoms with Crippen LogP contribution < -0.4 is 5.32 Å². The van der Waals surface area contributed by atoms with E-state index in [0.717, 1.165) is 58.7 Å². The number of morpholine rings is 1. The molecule has 0 radical (unpaired) electrons. The van der Waals surface area contributed by atoms with Crippen molar-refractivity contribution in [3.8, 4) is 0 Å². The Balaban J connectivity index is 1.83. The normalized spacial score (nSPS) is 15.2. The van der Waals surface area contributed by atoms with E-state index >= 15 is 0 Å². The lowest BCUT2D eigenvalue weighted by atomic mass is 10.3. The maximum absolute atomic E-state index is 11.6. The number of hydrogen-bond acceptors (Lipinski definition) is 7. The van der Waals surface area contributed by atoms with Gasteiger partial charge in [0.2, 0.25) is 0 Å². The van der Waals surface area contributed by atoms with Gasteiger partial charge in [0.1, 0.15) is 0 Å². The van der Waals surface area contributed by atoms with Crippen molar-refractivity contribution in [1.29, 1.82) is 0 Å². The van der Waals surface area contributed by atoms with E-state index < -0.39 is 0 Å². The highest BCUT2D eigenvalue weighted by Crippen LogP contribution is 1.97. The molecule has 140 valence electrons. The van der Waals surface area contributed by atoms with Crippen LogP contribution in [0, 0.1) is 0 Å². The van der Waals surface area contributed by atoms with Gasteiger partial charge in [0.15, 0.2) is 0 Å². The first-order chi connectivity index (χ1) is 11.7. The molecule has 0 spiro atoms. The fourth-order valence-corrected chi connectivity index (χ4v) is 2.30. The number of carbonyl (C=O) groups is 2. The van der Waals surface area contributed by atoms with Crippen molar-refractivity contribution in [3.63, 3.8) is 0 Å². The second-order valence-corrected chi connectivity index (χ2v) is 5.85. The highest BCUT2D eigenvalue weighted by Gasteiger charge is 2.09. The molecule has 1 rings (SSSR count). The minimum absolute atomic E-state index is 0.155. The van der Waals surface area contributed by atoms with Crippen molar-refractivity contribution in [2.75, 3.05) is 59.2 Å². The Labute approximate surface area is 145 Å². The third-order valence-corrected chi connectivity index (χ3v) is 3.73. The van der Waals surface area contributed by atoms with Gasteiger partial charge in [-0.1, -0.05) is 6.92 Å². The Morgan fingerprint density at radius 2 is 1.62 bits per heavy atom. The zero-order valence-corrected chi connectivity index (χ0v) is 14.9. The molecule has 1 saturated heterocycles. The van der Waals surface area contributed by atoms with E-state index in [9.17, 15) is 9.59 Å². The molecule has 24 heavy (non-hydrogen) atoms. The molecule has 0 aromatic carbocycles. The number of nitrogens with one attached hydrogen (secondary N) is 1. The summed E-state index contributed by atoms with van der Waals surface area (Å²) in [5, 5.41) is 3.26. The van der Waals surface area contributed by atoms with Crippen LogP contribution in [-0.2, 0) is 23.8 Å². The minimum atomic E-state index is -0.183. The maximum atomic E-state index is 11.6. The van der Waals surface area contributed by atoms with Crippen LogP contribution in [0.2, 0.25) is 0 Å². The second kappa shape index (κ2) is 14.2. The monoisotopic (exact) mass is 344 g/mol. The molecule has 1 heterocycles. The second-order valence-electron chi connectivity index (χ2n) is 5.85. The predicted octanol–water partition coefficient (Wildman–Crippen LogP) is 0.965. The van der Waals surface area contributed by atoms with E-state index in [1.807, 2.05) is 6.92 Å². The summed E-state index contributed by atoms with van der Waals surface area (Å²) >= 11 is 0. The average molecular weight is 344 g/mol. The maximum Gasteiger partial charge on any atom is 0.307 e. The van der Waals surface area contributed by atoms with Gasteiger partial charge in [-0.2, -0.15) is 0 Å². The topological polar surface area (TPSA) is 77.1 Å². The van der Waals surface area contributed by atoms with E-state index in [1.54, 1.807) is 0 Å². The lowest BCUT2D eigenvalue weighted by molar-refractivity contribution is -0.146. The smallest absolute Gasteiger partial charge is 0.307 e. The molecule has 0 atom stereocenters. The van der Waals surface area contributed by atoms with E-state index in [1.165, 1.54) is 0 Å². The number of hydrogen-bond donors (Lipinski definition) is 1. The Hall–Kier alpha value is -1.18. The fraction of sp³-hybridized carbons (Fsp3) is 0.882. The third-order valence-electron chi connectivity index (χ3n) is 3.73. The Morgan fingerprint density at radius 3 is 2.25 bits per heavy atom. The van der Waals surface area contributed by atoms with Gasteiger partial charge in [0.05, 0.1) is 32.8 Å². The predicted molar refractivity (Wildman–Crippen MR) is 90.8 cm³/mol. The highest BCUT2D eigenvalue weighted by molar-refractivity contribution is 5.69. The molecule has 1 fully saturated rings. The van der Waals surface area contributed by atoms with Gasteiger partial charge >= 0.3 is 11.9 Å². The molecule has 1 aliphatic heterocycles. The average Bonchev–Trinajstić information content (AvgIpc) is 2.59. The molecular formula is C17H32N2O5. The summed E-state index contributed by atoms with van der Waals surface area (Å²) < 4.78 is 15.5. The van der Waals surface area contributed by atoms with Crippen LogP contribution in [-0.4, -0.2) is 76.0 Å². The van der Waals surface area contributed by atoms with Crippen LogP contribution in [0.1, 0.15) is 39.0 Å². The number of ether oxygens (including phenoxy) is 3. The first kappa shape index (κ1) is 20.9. The largest absolute Gasteiger partial charge is 0.466 e. The molecule has 0 bridgehead atoms. The Bertz CT molecular complexity index is 346. The molecule has 7 heteroatoms. The SMILES string of the molecule is CCCC(=O)OCCCCOC(=O)CCNCCN1CCOCC1. The summed E-state index contributed by atoms with van der Waals surface area (Å²) in [6.45, 7) is 8.81. The van der Waals surface area contributed by atoms with Gasteiger partial charge in [-0.25, -0.2) is 0 Å². The number of esters is 2.